The van der Waals surface area contributed by atoms with E-state index in [1.54, 1.807) is 18.3 Å². The molecule has 3 N–H and O–H groups in total. The molecule has 0 radical (unpaired) electrons. The van der Waals surface area contributed by atoms with Gasteiger partial charge in [0.05, 0.1) is 11.4 Å². The Kier molecular flexibility index (Phi) is 4.62. The molecular weight excluding hydrogens is 405 g/mol. The second-order valence-corrected chi connectivity index (χ2v) is 8.53. The van der Waals surface area contributed by atoms with Crippen molar-refractivity contribution in [2.45, 2.75) is 19.0 Å². The van der Waals surface area contributed by atoms with Crippen molar-refractivity contribution in [3.63, 3.8) is 0 Å². The highest BCUT2D eigenvalue weighted by atomic mass is 19.1. The number of nitrogens with one attached hydrogen (secondary N) is 1. The Morgan fingerprint density at radius 2 is 1.94 bits per heavy atom. The van der Waals surface area contributed by atoms with Crippen LogP contribution in [-0.4, -0.2) is 45.3 Å². The Labute approximate surface area is 185 Å². The first-order chi connectivity index (χ1) is 15.7. The maximum absolute atomic E-state index is 13.6. The Morgan fingerprint density at radius 1 is 1.06 bits per heavy atom. The quantitative estimate of drug-likeness (QED) is 0.519. The lowest BCUT2D eigenvalue weighted by molar-refractivity contribution is 0.556. The number of imidazole rings is 1. The number of anilines is 1. The normalized spacial score (nSPS) is 20.2. The molecule has 0 bridgehead atoms. The van der Waals surface area contributed by atoms with Gasteiger partial charge in [0.2, 0.25) is 0 Å². The van der Waals surface area contributed by atoms with E-state index < -0.39 is 0 Å². The first kappa shape index (κ1) is 19.3. The number of benzene rings is 1. The van der Waals surface area contributed by atoms with Crippen molar-refractivity contribution in [3.8, 4) is 22.5 Å². The van der Waals surface area contributed by atoms with Gasteiger partial charge < -0.3 is 16.0 Å². The van der Waals surface area contributed by atoms with E-state index in [0.717, 1.165) is 59.3 Å². The van der Waals surface area contributed by atoms with Crippen molar-refractivity contribution < 1.29 is 4.39 Å². The average Bonchev–Trinajstić information content (AvgIpc) is 3.52. The van der Waals surface area contributed by atoms with E-state index in [1.165, 1.54) is 18.6 Å². The zero-order valence-electron chi connectivity index (χ0n) is 17.6. The number of rotatable bonds is 4. The third kappa shape index (κ3) is 3.23. The van der Waals surface area contributed by atoms with Crippen molar-refractivity contribution in [2.75, 3.05) is 24.5 Å². The molecule has 0 spiro atoms. The van der Waals surface area contributed by atoms with Crippen LogP contribution in [0.4, 0.5) is 10.2 Å². The van der Waals surface area contributed by atoms with Gasteiger partial charge in [0.15, 0.2) is 5.65 Å². The summed E-state index contributed by atoms with van der Waals surface area (Å²) in [6.45, 7) is 3.43. The minimum Gasteiger partial charge on any atom is -0.353 e. The fourth-order valence-electron chi connectivity index (χ4n) is 4.93. The molecule has 2 fully saturated rings. The lowest BCUT2D eigenvalue weighted by atomic mass is 10.1. The van der Waals surface area contributed by atoms with Crippen LogP contribution in [0.1, 0.15) is 12.1 Å². The van der Waals surface area contributed by atoms with Crippen LogP contribution < -0.4 is 16.0 Å². The maximum atomic E-state index is 13.6. The van der Waals surface area contributed by atoms with Crippen molar-refractivity contribution in [1.82, 2.24) is 24.9 Å². The van der Waals surface area contributed by atoms with Gasteiger partial charge in [-0.05, 0) is 67.4 Å². The van der Waals surface area contributed by atoms with E-state index in [9.17, 15) is 4.39 Å². The Balaban J connectivity index is 1.51. The fourth-order valence-corrected chi connectivity index (χ4v) is 4.93. The number of hydrogen-bond acceptors (Lipinski definition) is 6. The number of nitrogens with zero attached hydrogens (tertiary/aromatic N) is 5. The van der Waals surface area contributed by atoms with Gasteiger partial charge in [0.1, 0.15) is 17.3 Å². The summed E-state index contributed by atoms with van der Waals surface area (Å²) in [4.78, 5) is 11.5. The third-order valence-electron chi connectivity index (χ3n) is 6.57. The predicted octanol–water partition coefficient (Wildman–Crippen LogP) is 2.85. The molecule has 1 aromatic carbocycles. The predicted molar refractivity (Wildman–Crippen MR) is 122 cm³/mol. The molecule has 2 unspecified atom stereocenters. The highest BCUT2D eigenvalue weighted by Gasteiger charge is 2.36. The van der Waals surface area contributed by atoms with Gasteiger partial charge in [-0.15, -0.1) is 5.10 Å². The molecular formula is C24H24FN7. The molecule has 8 heteroatoms. The smallest absolute Gasteiger partial charge is 0.155 e. The molecule has 0 amide bonds. The zero-order chi connectivity index (χ0) is 21.7. The number of nitrogens with two attached hydrogens (primary N) is 1. The van der Waals surface area contributed by atoms with E-state index >= 15 is 0 Å². The molecule has 0 saturated carbocycles. The van der Waals surface area contributed by atoms with Crippen molar-refractivity contribution in [2.24, 2.45) is 11.7 Å². The molecule has 7 nitrogen and oxygen atoms in total. The van der Waals surface area contributed by atoms with Crippen LogP contribution in [0.15, 0.2) is 54.7 Å². The summed E-state index contributed by atoms with van der Waals surface area (Å²) in [5.74, 6) is 1.34. The Hall–Kier alpha value is -3.36. The number of hydrogen-bond donors (Lipinski definition) is 2. The summed E-state index contributed by atoms with van der Waals surface area (Å²) < 4.78 is 15.5. The molecule has 6 rings (SSSR count). The molecule has 2 saturated heterocycles. The molecule has 162 valence electrons. The van der Waals surface area contributed by atoms with Crippen molar-refractivity contribution in [3.05, 3.63) is 66.2 Å². The molecule has 2 atom stereocenters. The molecule has 3 aromatic heterocycles. The number of pyridine rings is 1. The minimum atomic E-state index is -0.276. The van der Waals surface area contributed by atoms with Crippen LogP contribution >= 0.6 is 0 Å². The summed E-state index contributed by atoms with van der Waals surface area (Å²) in [5.41, 5.74) is 10.7. The molecule has 2 aliphatic rings. The highest BCUT2D eigenvalue weighted by Crippen LogP contribution is 2.34. The lowest BCUT2D eigenvalue weighted by Gasteiger charge is -2.18. The first-order valence-electron chi connectivity index (χ1n) is 11.0. The van der Waals surface area contributed by atoms with Crippen LogP contribution in [0.25, 0.3) is 28.2 Å². The third-order valence-corrected chi connectivity index (χ3v) is 6.57. The van der Waals surface area contributed by atoms with Crippen LogP contribution in [0.5, 0.6) is 0 Å². The topological polar surface area (TPSA) is 84.4 Å². The summed E-state index contributed by atoms with van der Waals surface area (Å²) in [7, 11) is 0. The molecule has 5 heterocycles. The second kappa shape index (κ2) is 7.65. The van der Waals surface area contributed by atoms with E-state index in [4.69, 9.17) is 15.8 Å². The summed E-state index contributed by atoms with van der Waals surface area (Å²) >= 11 is 0. The van der Waals surface area contributed by atoms with E-state index in [2.05, 4.69) is 15.2 Å². The van der Waals surface area contributed by atoms with Gasteiger partial charge >= 0.3 is 0 Å². The Bertz CT molecular complexity index is 1270. The largest absolute Gasteiger partial charge is 0.353 e. The average molecular weight is 430 g/mol. The fraction of sp³-hybridized carbons (Fsp3) is 0.292. The summed E-state index contributed by atoms with van der Waals surface area (Å²) in [6, 6.07) is 14.9. The van der Waals surface area contributed by atoms with E-state index in [0.29, 0.717) is 18.5 Å². The van der Waals surface area contributed by atoms with Gasteiger partial charge in [-0.1, -0.05) is 0 Å². The van der Waals surface area contributed by atoms with Gasteiger partial charge in [-0.3, -0.25) is 4.98 Å². The SMILES string of the molecule is NCc1cc(-c2c(-c3ccc(F)cc3)nc3ccc(N4CC5CCNC5C4)nn23)ccn1. The maximum Gasteiger partial charge on any atom is 0.155 e. The van der Waals surface area contributed by atoms with E-state index in [1.807, 2.05) is 28.8 Å². The number of halogens is 1. The zero-order valence-corrected chi connectivity index (χ0v) is 17.6. The van der Waals surface area contributed by atoms with Crippen molar-refractivity contribution >= 4 is 11.5 Å². The van der Waals surface area contributed by atoms with Gasteiger partial charge in [-0.25, -0.2) is 13.9 Å². The molecule has 0 aliphatic carbocycles. The van der Waals surface area contributed by atoms with Gasteiger partial charge in [-0.2, -0.15) is 0 Å². The highest BCUT2D eigenvalue weighted by molar-refractivity contribution is 5.81. The summed E-state index contributed by atoms with van der Waals surface area (Å²) in [5, 5.41) is 8.60. The molecule has 4 aromatic rings. The van der Waals surface area contributed by atoms with E-state index in [-0.39, 0.29) is 5.82 Å². The molecule has 32 heavy (non-hydrogen) atoms. The first-order valence-corrected chi connectivity index (χ1v) is 11.0. The monoisotopic (exact) mass is 429 g/mol. The van der Waals surface area contributed by atoms with Crippen molar-refractivity contribution in [1.29, 1.82) is 0 Å². The number of aromatic nitrogens is 4. The minimum absolute atomic E-state index is 0.276. The summed E-state index contributed by atoms with van der Waals surface area (Å²) in [6.07, 6.45) is 2.97. The number of fused-ring (bicyclic) bond motifs is 2. The van der Waals surface area contributed by atoms with Crippen LogP contribution in [-0.2, 0) is 6.54 Å². The standard InChI is InChI=1S/C24H24FN7/c25-18-3-1-15(2-4-18)23-24(16-7-9-27-19(11-16)12-26)32-21(29-23)5-6-22(30-32)31-13-17-8-10-28-20(17)14-31/h1-7,9,11,17,20,28H,8,10,12-14,26H2. The Morgan fingerprint density at radius 3 is 2.75 bits per heavy atom. The van der Waals surface area contributed by atoms with Crippen LogP contribution in [0.3, 0.4) is 0 Å². The molecule has 2 aliphatic heterocycles. The van der Waals surface area contributed by atoms with Gasteiger partial charge in [0, 0.05) is 43.0 Å². The van der Waals surface area contributed by atoms with Crippen LogP contribution in [0, 0.1) is 11.7 Å². The lowest BCUT2D eigenvalue weighted by Crippen LogP contribution is -2.30. The second-order valence-electron chi connectivity index (χ2n) is 8.53. The van der Waals surface area contributed by atoms with Crippen LogP contribution in [0.2, 0.25) is 0 Å². The van der Waals surface area contributed by atoms with Gasteiger partial charge in [0.25, 0.3) is 0 Å².